The maximum Gasteiger partial charge on any atom is 0.407 e. The lowest BCUT2D eigenvalue weighted by atomic mass is 9.68. The van der Waals surface area contributed by atoms with Gasteiger partial charge in [-0.15, -0.1) is 0 Å². The highest BCUT2D eigenvalue weighted by molar-refractivity contribution is 5.85. The Balaban J connectivity index is 1.14. The summed E-state index contributed by atoms with van der Waals surface area (Å²) in [6.07, 6.45) is 4.39. The normalized spacial score (nSPS) is 21.9. The monoisotopic (exact) mass is 476 g/mol. The van der Waals surface area contributed by atoms with Crippen molar-refractivity contribution in [2.75, 3.05) is 13.2 Å². The van der Waals surface area contributed by atoms with Gasteiger partial charge in [0.2, 0.25) is 5.91 Å². The topological polar surface area (TPSA) is 105 Å². The molecular formula is C28H32N2O5. The van der Waals surface area contributed by atoms with E-state index < -0.39 is 17.5 Å². The number of carboxylic acids is 1. The van der Waals surface area contributed by atoms with Crippen LogP contribution in [-0.2, 0) is 14.3 Å². The van der Waals surface area contributed by atoms with Crippen LogP contribution in [0, 0.1) is 11.3 Å². The average molecular weight is 477 g/mol. The third-order valence-electron chi connectivity index (χ3n) is 8.05. The van der Waals surface area contributed by atoms with E-state index in [0.29, 0.717) is 6.42 Å². The lowest BCUT2D eigenvalue weighted by molar-refractivity contribution is -0.138. The highest BCUT2D eigenvalue weighted by Gasteiger charge is 2.45. The fraction of sp³-hybridized carbons (Fsp3) is 0.464. The van der Waals surface area contributed by atoms with E-state index in [-0.39, 0.29) is 43.4 Å². The van der Waals surface area contributed by atoms with E-state index >= 15 is 0 Å². The van der Waals surface area contributed by atoms with Crippen LogP contribution in [0.4, 0.5) is 4.79 Å². The molecule has 7 heteroatoms. The Morgan fingerprint density at radius 1 is 0.971 bits per heavy atom. The van der Waals surface area contributed by atoms with Gasteiger partial charge in [-0.05, 0) is 60.3 Å². The third kappa shape index (κ3) is 4.77. The van der Waals surface area contributed by atoms with Crippen molar-refractivity contribution in [2.45, 2.75) is 56.9 Å². The van der Waals surface area contributed by atoms with Crippen molar-refractivity contribution in [3.8, 4) is 11.1 Å². The number of carbonyl (C=O) groups excluding carboxylic acids is 2. The minimum atomic E-state index is -0.787. The summed E-state index contributed by atoms with van der Waals surface area (Å²) in [5.41, 5.74) is 4.08. The number of hydrogen-bond acceptors (Lipinski definition) is 4. The number of fused-ring (bicyclic) bond motifs is 3. The van der Waals surface area contributed by atoms with Gasteiger partial charge in [-0.1, -0.05) is 55.0 Å². The SMILES string of the molecule is O=C(O)CC1CCC(NC(=O)C2(CNC(=O)OCC3c4ccccc4-c4ccccc43)CCC2)C1. The first-order chi connectivity index (χ1) is 16.9. The van der Waals surface area contributed by atoms with E-state index in [4.69, 9.17) is 9.84 Å². The van der Waals surface area contributed by atoms with Crippen LogP contribution in [-0.4, -0.2) is 42.3 Å². The summed E-state index contributed by atoms with van der Waals surface area (Å²) < 4.78 is 5.63. The maximum absolute atomic E-state index is 13.1. The summed E-state index contributed by atoms with van der Waals surface area (Å²) in [5.74, 6) is -0.710. The molecule has 5 rings (SSSR count). The Hall–Kier alpha value is -3.35. The lowest BCUT2D eigenvalue weighted by Crippen LogP contribution is -2.54. The first kappa shape index (κ1) is 23.4. The van der Waals surface area contributed by atoms with Crippen molar-refractivity contribution in [3.63, 3.8) is 0 Å². The van der Waals surface area contributed by atoms with Crippen LogP contribution in [0.5, 0.6) is 0 Å². The van der Waals surface area contributed by atoms with Gasteiger partial charge in [-0.3, -0.25) is 9.59 Å². The summed E-state index contributed by atoms with van der Waals surface area (Å²) in [5, 5.41) is 15.0. The number of aliphatic carboxylic acids is 1. The Bertz CT molecular complexity index is 1080. The van der Waals surface area contributed by atoms with Crippen LogP contribution in [0.2, 0.25) is 0 Å². The van der Waals surface area contributed by atoms with E-state index in [9.17, 15) is 14.4 Å². The molecule has 2 unspecified atom stereocenters. The average Bonchev–Trinajstić information content (AvgIpc) is 3.38. The minimum absolute atomic E-state index is 0.00442. The quantitative estimate of drug-likeness (QED) is 0.522. The number of alkyl carbamates (subject to hydrolysis) is 1. The summed E-state index contributed by atoms with van der Waals surface area (Å²) in [6.45, 7) is 0.493. The molecule has 2 aromatic carbocycles. The first-order valence-electron chi connectivity index (χ1n) is 12.6. The van der Waals surface area contributed by atoms with Crippen LogP contribution in [0.25, 0.3) is 11.1 Å². The Kier molecular flexibility index (Phi) is 6.50. The second kappa shape index (κ2) is 9.72. The molecule has 0 spiro atoms. The molecule has 3 aliphatic rings. The molecule has 2 saturated carbocycles. The predicted molar refractivity (Wildman–Crippen MR) is 131 cm³/mol. The van der Waals surface area contributed by atoms with Gasteiger partial charge in [0.05, 0.1) is 5.41 Å². The predicted octanol–water partition coefficient (Wildman–Crippen LogP) is 4.46. The number of nitrogens with one attached hydrogen (secondary N) is 2. The van der Waals surface area contributed by atoms with Crippen molar-refractivity contribution in [1.82, 2.24) is 10.6 Å². The van der Waals surface area contributed by atoms with Crippen LogP contribution >= 0.6 is 0 Å². The largest absolute Gasteiger partial charge is 0.481 e. The molecule has 0 aromatic heterocycles. The van der Waals surface area contributed by atoms with Crippen LogP contribution in [0.1, 0.15) is 62.0 Å². The van der Waals surface area contributed by atoms with Gasteiger partial charge in [-0.2, -0.15) is 0 Å². The summed E-state index contributed by atoms with van der Waals surface area (Å²) >= 11 is 0. The van der Waals surface area contributed by atoms with E-state index in [1.807, 2.05) is 24.3 Å². The van der Waals surface area contributed by atoms with E-state index in [0.717, 1.165) is 43.2 Å². The highest BCUT2D eigenvalue weighted by atomic mass is 16.5. The molecule has 0 aliphatic heterocycles. The first-order valence-corrected chi connectivity index (χ1v) is 12.6. The molecule has 3 aliphatic carbocycles. The van der Waals surface area contributed by atoms with Gasteiger partial charge in [-0.25, -0.2) is 4.79 Å². The van der Waals surface area contributed by atoms with E-state index in [1.54, 1.807) is 0 Å². The van der Waals surface area contributed by atoms with Gasteiger partial charge in [0.25, 0.3) is 0 Å². The Morgan fingerprint density at radius 2 is 1.63 bits per heavy atom. The maximum atomic E-state index is 13.1. The van der Waals surface area contributed by atoms with Crippen molar-refractivity contribution in [3.05, 3.63) is 59.7 Å². The van der Waals surface area contributed by atoms with E-state index in [2.05, 4.69) is 34.9 Å². The van der Waals surface area contributed by atoms with Gasteiger partial charge in [0.1, 0.15) is 6.61 Å². The minimum Gasteiger partial charge on any atom is -0.481 e. The van der Waals surface area contributed by atoms with Crippen LogP contribution < -0.4 is 10.6 Å². The number of rotatable bonds is 8. The van der Waals surface area contributed by atoms with Crippen molar-refractivity contribution >= 4 is 18.0 Å². The smallest absolute Gasteiger partial charge is 0.407 e. The number of amides is 2. The van der Waals surface area contributed by atoms with Crippen molar-refractivity contribution in [2.24, 2.45) is 11.3 Å². The molecule has 2 fully saturated rings. The van der Waals surface area contributed by atoms with Gasteiger partial charge in [0.15, 0.2) is 0 Å². The van der Waals surface area contributed by atoms with Crippen LogP contribution in [0.3, 0.4) is 0 Å². The second-order valence-corrected chi connectivity index (χ2v) is 10.3. The molecule has 35 heavy (non-hydrogen) atoms. The lowest BCUT2D eigenvalue weighted by Gasteiger charge is -2.40. The van der Waals surface area contributed by atoms with Crippen molar-refractivity contribution in [1.29, 1.82) is 0 Å². The zero-order valence-electron chi connectivity index (χ0n) is 19.8. The zero-order chi connectivity index (χ0) is 24.4. The highest BCUT2D eigenvalue weighted by Crippen LogP contribution is 2.45. The fourth-order valence-electron chi connectivity index (χ4n) is 5.96. The zero-order valence-corrected chi connectivity index (χ0v) is 19.8. The molecule has 3 N–H and O–H groups in total. The summed E-state index contributed by atoms with van der Waals surface area (Å²) in [4.78, 5) is 36.6. The molecule has 0 saturated heterocycles. The Labute approximate surface area is 205 Å². The third-order valence-corrected chi connectivity index (χ3v) is 8.05. The van der Waals surface area contributed by atoms with Crippen molar-refractivity contribution < 1.29 is 24.2 Å². The molecule has 0 heterocycles. The molecule has 0 bridgehead atoms. The molecule has 7 nitrogen and oxygen atoms in total. The van der Waals surface area contributed by atoms with E-state index in [1.165, 1.54) is 11.1 Å². The van der Waals surface area contributed by atoms with Gasteiger partial charge >= 0.3 is 12.1 Å². The molecule has 2 atom stereocenters. The number of hydrogen-bond donors (Lipinski definition) is 3. The fourth-order valence-corrected chi connectivity index (χ4v) is 5.96. The number of ether oxygens (including phenoxy) is 1. The standard InChI is InChI=1S/C28H32N2O5/c31-25(32)15-18-10-11-19(14-18)30-26(33)28(12-5-13-28)17-29-27(34)35-16-24-22-8-3-1-6-20(22)21-7-2-4-9-23(21)24/h1-4,6-9,18-19,24H,5,10-17H2,(H,29,34)(H,30,33)(H,31,32). The molecule has 184 valence electrons. The number of carbonyl (C=O) groups is 3. The second-order valence-electron chi connectivity index (χ2n) is 10.3. The Morgan fingerprint density at radius 3 is 2.23 bits per heavy atom. The van der Waals surface area contributed by atoms with Gasteiger partial charge < -0.3 is 20.5 Å². The number of benzene rings is 2. The summed E-state index contributed by atoms with van der Waals surface area (Å²) in [7, 11) is 0. The summed E-state index contributed by atoms with van der Waals surface area (Å²) in [6, 6.07) is 16.4. The molecular weight excluding hydrogens is 444 g/mol. The molecule has 2 amide bonds. The number of carboxylic acid groups (broad SMARTS) is 1. The van der Waals surface area contributed by atoms with Gasteiger partial charge in [0, 0.05) is 24.9 Å². The molecule has 0 radical (unpaired) electrons. The molecule has 2 aromatic rings. The van der Waals surface area contributed by atoms with Crippen LogP contribution in [0.15, 0.2) is 48.5 Å².